The van der Waals surface area contributed by atoms with Crippen LogP contribution < -0.4 is 16.7 Å². The molecule has 18 heavy (non-hydrogen) atoms. The Bertz CT molecular complexity index is 690. The van der Waals surface area contributed by atoms with Crippen molar-refractivity contribution < 1.29 is 0 Å². The van der Waals surface area contributed by atoms with Gasteiger partial charge >= 0.3 is 0 Å². The van der Waals surface area contributed by atoms with E-state index in [-0.39, 0.29) is 10.7 Å². The average Bonchev–Trinajstić information content (AvgIpc) is 2.30. The van der Waals surface area contributed by atoms with E-state index in [1.165, 1.54) is 6.21 Å². The molecule has 0 atom stereocenters. The smallest absolute Gasteiger partial charge is 0.257 e. The Balaban J connectivity index is 2.45. The van der Waals surface area contributed by atoms with E-state index >= 15 is 0 Å². The van der Waals surface area contributed by atoms with Crippen molar-refractivity contribution in [2.24, 2.45) is 10.8 Å². The van der Waals surface area contributed by atoms with Gasteiger partial charge in [-0.2, -0.15) is 5.10 Å². The molecule has 0 aliphatic heterocycles. The van der Waals surface area contributed by atoms with Crippen LogP contribution in [-0.2, 0) is 0 Å². The molecule has 92 valence electrons. The fourth-order valence-electron chi connectivity index (χ4n) is 1.60. The number of nitrogens with two attached hydrogens (primary N) is 1. The van der Waals surface area contributed by atoms with Crippen molar-refractivity contribution in [3.63, 3.8) is 0 Å². The lowest BCUT2D eigenvalue weighted by atomic mass is 10.1. The molecule has 0 aliphatic rings. The van der Waals surface area contributed by atoms with Gasteiger partial charge in [-0.3, -0.25) is 10.2 Å². The Morgan fingerprint density at radius 3 is 3.00 bits per heavy atom. The van der Waals surface area contributed by atoms with E-state index in [4.69, 9.17) is 5.73 Å². The molecule has 2 aromatic rings. The third-order valence-corrected chi connectivity index (χ3v) is 2.50. The van der Waals surface area contributed by atoms with Crippen molar-refractivity contribution in [1.82, 2.24) is 10.4 Å². The standard InChI is InChI=1S/C12H12N4OS/c1-7-2-3-10-8(4-7)5-9(11(17)15-10)6-14-16-12(13)18/h2-6H,1H3,(H,15,17)(H3,13,16,18)/b14-6+. The van der Waals surface area contributed by atoms with E-state index < -0.39 is 0 Å². The van der Waals surface area contributed by atoms with Crippen LogP contribution in [-0.4, -0.2) is 16.3 Å². The zero-order valence-electron chi connectivity index (χ0n) is 9.73. The largest absolute Gasteiger partial charge is 0.375 e. The van der Waals surface area contributed by atoms with E-state index in [1.54, 1.807) is 6.07 Å². The van der Waals surface area contributed by atoms with Gasteiger partial charge in [-0.1, -0.05) is 11.6 Å². The van der Waals surface area contributed by atoms with E-state index in [2.05, 4.69) is 27.7 Å². The molecule has 2 rings (SSSR count). The van der Waals surface area contributed by atoms with E-state index in [0.29, 0.717) is 5.56 Å². The van der Waals surface area contributed by atoms with Gasteiger partial charge in [0.25, 0.3) is 5.56 Å². The van der Waals surface area contributed by atoms with E-state index in [1.807, 2.05) is 25.1 Å². The summed E-state index contributed by atoms with van der Waals surface area (Å²) < 4.78 is 0. The number of rotatable bonds is 2. The minimum Gasteiger partial charge on any atom is -0.375 e. The Hall–Kier alpha value is -2.21. The SMILES string of the molecule is Cc1ccc2[nH]c(=O)c(/C=N/NC(N)=S)cc2c1. The number of hydrazone groups is 1. The molecule has 0 saturated heterocycles. The summed E-state index contributed by atoms with van der Waals surface area (Å²) in [5.74, 6) is 0. The number of hydrogen-bond acceptors (Lipinski definition) is 3. The lowest BCUT2D eigenvalue weighted by Gasteiger charge is -2.01. The van der Waals surface area contributed by atoms with Crippen LogP contribution >= 0.6 is 12.2 Å². The maximum Gasteiger partial charge on any atom is 0.257 e. The fraction of sp³-hybridized carbons (Fsp3) is 0.0833. The number of thiocarbonyl (C=S) groups is 1. The zero-order chi connectivity index (χ0) is 13.1. The van der Waals surface area contributed by atoms with Gasteiger partial charge in [0.05, 0.1) is 11.8 Å². The summed E-state index contributed by atoms with van der Waals surface area (Å²) in [6.07, 6.45) is 1.39. The number of nitrogens with zero attached hydrogens (tertiary/aromatic N) is 1. The molecule has 1 heterocycles. The van der Waals surface area contributed by atoms with Crippen molar-refractivity contribution >= 4 is 34.4 Å². The number of aryl methyl sites for hydroxylation is 1. The third kappa shape index (κ3) is 2.72. The van der Waals surface area contributed by atoms with Gasteiger partial charge in [0.1, 0.15) is 0 Å². The molecular formula is C12H12N4OS. The first kappa shape index (κ1) is 12.3. The third-order valence-electron chi connectivity index (χ3n) is 2.41. The normalized spacial score (nSPS) is 10.9. The van der Waals surface area contributed by atoms with E-state index in [9.17, 15) is 4.79 Å². The van der Waals surface area contributed by atoms with Crippen LogP contribution in [0, 0.1) is 6.92 Å². The minimum atomic E-state index is -0.208. The molecule has 0 bridgehead atoms. The van der Waals surface area contributed by atoms with Crippen LogP contribution in [0.3, 0.4) is 0 Å². The number of fused-ring (bicyclic) bond motifs is 1. The van der Waals surface area contributed by atoms with Crippen molar-refractivity contribution in [2.45, 2.75) is 6.92 Å². The van der Waals surface area contributed by atoms with E-state index in [0.717, 1.165) is 16.5 Å². The summed E-state index contributed by atoms with van der Waals surface area (Å²) in [5, 5.41) is 4.78. The second-order valence-corrected chi connectivity index (χ2v) is 4.32. The van der Waals surface area contributed by atoms with Crippen LogP contribution in [0.15, 0.2) is 34.2 Å². The average molecular weight is 260 g/mol. The molecule has 0 radical (unpaired) electrons. The molecule has 4 N–H and O–H groups in total. The number of benzene rings is 1. The van der Waals surface area contributed by atoms with Gasteiger partial charge in [-0.25, -0.2) is 0 Å². The molecule has 1 aromatic heterocycles. The minimum absolute atomic E-state index is 0.0549. The summed E-state index contributed by atoms with van der Waals surface area (Å²) in [6, 6.07) is 7.58. The zero-order valence-corrected chi connectivity index (χ0v) is 10.5. The summed E-state index contributed by atoms with van der Waals surface area (Å²) in [5.41, 5.74) is 9.79. The Morgan fingerprint density at radius 1 is 1.50 bits per heavy atom. The first-order chi connectivity index (χ1) is 8.56. The Kier molecular flexibility index (Phi) is 3.38. The second-order valence-electron chi connectivity index (χ2n) is 3.88. The molecule has 6 heteroatoms. The molecule has 0 amide bonds. The topological polar surface area (TPSA) is 83.3 Å². The number of pyridine rings is 1. The first-order valence-corrected chi connectivity index (χ1v) is 5.69. The number of nitrogens with one attached hydrogen (secondary N) is 2. The first-order valence-electron chi connectivity index (χ1n) is 5.28. The lowest BCUT2D eigenvalue weighted by Crippen LogP contribution is -2.24. The molecule has 0 saturated carbocycles. The summed E-state index contributed by atoms with van der Waals surface area (Å²) in [6.45, 7) is 1.99. The molecule has 0 unspecified atom stereocenters. The molecule has 0 aliphatic carbocycles. The van der Waals surface area contributed by atoms with Gasteiger partial charge < -0.3 is 10.7 Å². The second kappa shape index (κ2) is 4.97. The number of H-pyrrole nitrogens is 1. The van der Waals surface area contributed by atoms with Gasteiger partial charge in [0.15, 0.2) is 5.11 Å². The fourth-order valence-corrected chi connectivity index (χ4v) is 1.66. The van der Waals surface area contributed by atoms with Crippen molar-refractivity contribution in [1.29, 1.82) is 0 Å². The highest BCUT2D eigenvalue weighted by Gasteiger charge is 2.00. The van der Waals surface area contributed by atoms with Crippen LogP contribution in [0.4, 0.5) is 0 Å². The van der Waals surface area contributed by atoms with Crippen molar-refractivity contribution in [3.05, 3.63) is 45.7 Å². The lowest BCUT2D eigenvalue weighted by molar-refractivity contribution is 1.04. The maximum absolute atomic E-state index is 11.8. The van der Waals surface area contributed by atoms with Crippen LogP contribution in [0.25, 0.3) is 10.9 Å². The van der Waals surface area contributed by atoms with Crippen molar-refractivity contribution in [2.75, 3.05) is 0 Å². The Labute approximate surface area is 109 Å². The monoisotopic (exact) mass is 260 g/mol. The molecule has 0 fully saturated rings. The van der Waals surface area contributed by atoms with Gasteiger partial charge in [0.2, 0.25) is 0 Å². The van der Waals surface area contributed by atoms with Gasteiger partial charge in [-0.15, -0.1) is 0 Å². The molecule has 0 spiro atoms. The molecule has 5 nitrogen and oxygen atoms in total. The summed E-state index contributed by atoms with van der Waals surface area (Å²) in [7, 11) is 0. The predicted molar refractivity (Wildman–Crippen MR) is 76.8 cm³/mol. The van der Waals surface area contributed by atoms with Crippen LogP contribution in [0.5, 0.6) is 0 Å². The Morgan fingerprint density at radius 2 is 2.28 bits per heavy atom. The summed E-state index contributed by atoms with van der Waals surface area (Å²) >= 11 is 4.60. The number of hydrogen-bond donors (Lipinski definition) is 3. The number of aromatic amines is 1. The number of aromatic nitrogens is 1. The van der Waals surface area contributed by atoms with Crippen LogP contribution in [0.1, 0.15) is 11.1 Å². The van der Waals surface area contributed by atoms with Crippen molar-refractivity contribution in [3.8, 4) is 0 Å². The maximum atomic E-state index is 11.8. The van der Waals surface area contributed by atoms with Crippen LogP contribution in [0.2, 0.25) is 0 Å². The highest BCUT2D eigenvalue weighted by Crippen LogP contribution is 2.12. The summed E-state index contributed by atoms with van der Waals surface area (Å²) in [4.78, 5) is 14.5. The van der Waals surface area contributed by atoms with Gasteiger partial charge in [0, 0.05) is 5.52 Å². The molecule has 1 aromatic carbocycles. The van der Waals surface area contributed by atoms with Gasteiger partial charge in [-0.05, 0) is 42.7 Å². The quantitative estimate of drug-likeness (QED) is 0.427. The highest BCUT2D eigenvalue weighted by molar-refractivity contribution is 7.80. The highest BCUT2D eigenvalue weighted by atomic mass is 32.1. The predicted octanol–water partition coefficient (Wildman–Crippen LogP) is 1.00. The molecular weight excluding hydrogens is 248 g/mol.